The highest BCUT2D eigenvalue weighted by Gasteiger charge is 2.16. The van der Waals surface area contributed by atoms with Gasteiger partial charge in [0, 0.05) is 12.6 Å². The molecule has 1 rings (SSSR count). The Morgan fingerprint density at radius 2 is 1.76 bits per heavy atom. The van der Waals surface area contributed by atoms with Crippen LogP contribution in [-0.2, 0) is 16.6 Å². The summed E-state index contributed by atoms with van der Waals surface area (Å²) >= 11 is 0. The van der Waals surface area contributed by atoms with Gasteiger partial charge in [0.1, 0.15) is 0 Å². The highest BCUT2D eigenvalue weighted by molar-refractivity contribution is 7.89. The van der Waals surface area contributed by atoms with E-state index >= 15 is 0 Å². The predicted octanol–water partition coefficient (Wildman–Crippen LogP) is 3.04. The van der Waals surface area contributed by atoms with E-state index in [-0.39, 0.29) is 6.04 Å². The van der Waals surface area contributed by atoms with Gasteiger partial charge in [0.05, 0.1) is 4.90 Å². The Kier molecular flexibility index (Phi) is 7.93. The second-order valence-corrected chi connectivity index (χ2v) is 7.26. The predicted molar refractivity (Wildman–Crippen MR) is 87.7 cm³/mol. The molecule has 0 heterocycles. The van der Waals surface area contributed by atoms with E-state index in [1.807, 2.05) is 26.1 Å². The van der Waals surface area contributed by atoms with E-state index in [0.717, 1.165) is 24.9 Å². The molecule has 0 aliphatic heterocycles. The molecule has 1 aromatic carbocycles. The minimum Gasteiger partial charge on any atom is -0.316 e. The van der Waals surface area contributed by atoms with Crippen LogP contribution in [0.1, 0.15) is 51.5 Å². The van der Waals surface area contributed by atoms with E-state index in [9.17, 15) is 8.42 Å². The molecule has 0 aliphatic rings. The number of rotatable bonds is 10. The quantitative estimate of drug-likeness (QED) is 0.653. The van der Waals surface area contributed by atoms with Crippen LogP contribution >= 0.6 is 0 Å². The highest BCUT2D eigenvalue weighted by atomic mass is 32.2. The Labute approximate surface area is 129 Å². The third-order valence-corrected chi connectivity index (χ3v) is 5.07. The zero-order chi connectivity index (χ0) is 15.7. The molecule has 0 aromatic heterocycles. The van der Waals surface area contributed by atoms with Gasteiger partial charge < -0.3 is 5.32 Å². The van der Waals surface area contributed by atoms with E-state index in [4.69, 9.17) is 0 Å². The first-order valence-electron chi connectivity index (χ1n) is 7.75. The Hall–Kier alpha value is -0.910. The summed E-state index contributed by atoms with van der Waals surface area (Å²) in [5.41, 5.74) is 1.07. The highest BCUT2D eigenvalue weighted by Crippen LogP contribution is 2.13. The molecule has 1 atom stereocenters. The molecule has 1 unspecified atom stereocenters. The van der Waals surface area contributed by atoms with Crippen LogP contribution in [0.4, 0.5) is 0 Å². The molecular formula is C16H28N2O2S. The van der Waals surface area contributed by atoms with Crippen molar-refractivity contribution in [3.05, 3.63) is 29.8 Å². The molecule has 2 N–H and O–H groups in total. The van der Waals surface area contributed by atoms with Crippen molar-refractivity contribution in [1.29, 1.82) is 0 Å². The topological polar surface area (TPSA) is 58.2 Å². The summed E-state index contributed by atoms with van der Waals surface area (Å²) in [4.78, 5) is 0.336. The van der Waals surface area contributed by atoms with Crippen LogP contribution in [-0.4, -0.2) is 21.5 Å². The van der Waals surface area contributed by atoms with Crippen molar-refractivity contribution in [1.82, 2.24) is 10.0 Å². The SMILES string of the molecule is CCCCCCC(C)NS(=O)(=O)c1ccc(CNC)cc1. The summed E-state index contributed by atoms with van der Waals surface area (Å²) < 4.78 is 27.3. The van der Waals surface area contributed by atoms with Crippen LogP contribution in [0.3, 0.4) is 0 Å². The van der Waals surface area contributed by atoms with Gasteiger partial charge >= 0.3 is 0 Å². The maximum atomic E-state index is 12.3. The summed E-state index contributed by atoms with van der Waals surface area (Å²) in [6, 6.07) is 7.00. The molecule has 0 radical (unpaired) electrons. The standard InChI is InChI=1S/C16H28N2O2S/c1-4-5-6-7-8-14(2)18-21(19,20)16-11-9-15(10-12-16)13-17-3/h9-12,14,17-18H,4-8,13H2,1-3H3. The Morgan fingerprint density at radius 1 is 1.10 bits per heavy atom. The van der Waals surface area contributed by atoms with Gasteiger partial charge in [-0.3, -0.25) is 0 Å². The lowest BCUT2D eigenvalue weighted by Crippen LogP contribution is -2.32. The van der Waals surface area contributed by atoms with Crippen molar-refractivity contribution < 1.29 is 8.42 Å². The van der Waals surface area contributed by atoms with Crippen molar-refractivity contribution >= 4 is 10.0 Å². The zero-order valence-corrected chi connectivity index (χ0v) is 14.2. The summed E-state index contributed by atoms with van der Waals surface area (Å²) in [5, 5.41) is 3.04. The Balaban J connectivity index is 2.55. The summed E-state index contributed by atoms with van der Waals surface area (Å²) in [6.07, 6.45) is 5.53. The van der Waals surface area contributed by atoms with Crippen LogP contribution in [0.2, 0.25) is 0 Å². The molecule has 120 valence electrons. The third kappa shape index (κ3) is 6.59. The van der Waals surface area contributed by atoms with Gasteiger partial charge in [0.15, 0.2) is 0 Å². The monoisotopic (exact) mass is 312 g/mol. The van der Waals surface area contributed by atoms with E-state index in [0.29, 0.717) is 4.90 Å². The molecule has 0 aliphatic carbocycles. The van der Waals surface area contributed by atoms with Crippen molar-refractivity contribution in [2.75, 3.05) is 7.05 Å². The second kappa shape index (κ2) is 9.18. The molecule has 0 bridgehead atoms. The first kappa shape index (κ1) is 18.1. The second-order valence-electron chi connectivity index (χ2n) is 5.55. The summed E-state index contributed by atoms with van der Waals surface area (Å²) in [5.74, 6) is 0. The minimum atomic E-state index is -3.40. The van der Waals surface area contributed by atoms with Gasteiger partial charge in [-0.1, -0.05) is 44.7 Å². The number of hydrogen-bond acceptors (Lipinski definition) is 3. The van der Waals surface area contributed by atoms with Crippen LogP contribution < -0.4 is 10.0 Å². The molecule has 0 saturated carbocycles. The zero-order valence-electron chi connectivity index (χ0n) is 13.4. The Bertz CT molecular complexity index is 498. The molecular weight excluding hydrogens is 284 g/mol. The maximum absolute atomic E-state index is 12.3. The number of sulfonamides is 1. The van der Waals surface area contributed by atoms with Gasteiger partial charge in [0.25, 0.3) is 0 Å². The molecule has 5 heteroatoms. The molecule has 21 heavy (non-hydrogen) atoms. The number of hydrogen-bond donors (Lipinski definition) is 2. The van der Waals surface area contributed by atoms with Crippen LogP contribution in [0.25, 0.3) is 0 Å². The van der Waals surface area contributed by atoms with Crippen molar-refractivity contribution in [3.63, 3.8) is 0 Å². The van der Waals surface area contributed by atoms with Gasteiger partial charge in [0.2, 0.25) is 10.0 Å². The third-order valence-electron chi connectivity index (χ3n) is 3.46. The van der Waals surface area contributed by atoms with Gasteiger partial charge in [-0.15, -0.1) is 0 Å². The van der Waals surface area contributed by atoms with E-state index in [2.05, 4.69) is 17.0 Å². The van der Waals surface area contributed by atoms with E-state index < -0.39 is 10.0 Å². The Morgan fingerprint density at radius 3 is 2.33 bits per heavy atom. The van der Waals surface area contributed by atoms with Crippen LogP contribution in [0.5, 0.6) is 0 Å². The van der Waals surface area contributed by atoms with Gasteiger partial charge in [-0.25, -0.2) is 13.1 Å². The van der Waals surface area contributed by atoms with E-state index in [1.165, 1.54) is 19.3 Å². The molecule has 0 amide bonds. The fourth-order valence-corrected chi connectivity index (χ4v) is 3.54. The van der Waals surface area contributed by atoms with Crippen LogP contribution in [0, 0.1) is 0 Å². The minimum absolute atomic E-state index is 0.0242. The van der Waals surface area contributed by atoms with Gasteiger partial charge in [-0.05, 0) is 38.1 Å². The lowest BCUT2D eigenvalue weighted by atomic mass is 10.1. The van der Waals surface area contributed by atoms with Crippen molar-refractivity contribution in [3.8, 4) is 0 Å². The van der Waals surface area contributed by atoms with E-state index in [1.54, 1.807) is 12.1 Å². The summed E-state index contributed by atoms with van der Waals surface area (Å²) in [6.45, 7) is 4.84. The number of unbranched alkanes of at least 4 members (excludes halogenated alkanes) is 3. The van der Waals surface area contributed by atoms with Crippen molar-refractivity contribution in [2.24, 2.45) is 0 Å². The van der Waals surface area contributed by atoms with Crippen LogP contribution in [0.15, 0.2) is 29.2 Å². The number of nitrogens with one attached hydrogen (secondary N) is 2. The normalized spacial score (nSPS) is 13.3. The molecule has 0 spiro atoms. The average molecular weight is 312 g/mol. The lowest BCUT2D eigenvalue weighted by Gasteiger charge is -2.14. The fourth-order valence-electron chi connectivity index (χ4n) is 2.26. The first-order chi connectivity index (χ1) is 9.99. The van der Waals surface area contributed by atoms with Gasteiger partial charge in [-0.2, -0.15) is 0 Å². The molecule has 0 fully saturated rings. The average Bonchev–Trinajstić information content (AvgIpc) is 2.44. The fraction of sp³-hybridized carbons (Fsp3) is 0.625. The largest absolute Gasteiger partial charge is 0.316 e. The maximum Gasteiger partial charge on any atom is 0.240 e. The van der Waals surface area contributed by atoms with Crippen molar-refractivity contribution in [2.45, 2.75) is 63.4 Å². The molecule has 0 saturated heterocycles. The first-order valence-corrected chi connectivity index (χ1v) is 9.23. The number of benzene rings is 1. The molecule has 1 aromatic rings. The lowest BCUT2D eigenvalue weighted by molar-refractivity contribution is 0.522. The smallest absolute Gasteiger partial charge is 0.240 e. The summed E-state index contributed by atoms with van der Waals surface area (Å²) in [7, 11) is -1.54. The molecule has 4 nitrogen and oxygen atoms in total.